The zero-order valence-electron chi connectivity index (χ0n) is 6.96. The first-order valence-electron chi connectivity index (χ1n) is 3.56. The monoisotopic (exact) mass is 171 g/mol. The van der Waals surface area contributed by atoms with E-state index in [4.69, 9.17) is 0 Å². The summed E-state index contributed by atoms with van der Waals surface area (Å²) in [6, 6.07) is 0. The lowest BCUT2D eigenvalue weighted by molar-refractivity contribution is -0.305. The van der Waals surface area contributed by atoms with Crippen LogP contribution < -0.4 is 5.11 Å². The summed E-state index contributed by atoms with van der Waals surface area (Å²) in [6.45, 7) is 4.99. The maximum atomic E-state index is 10.7. The fourth-order valence-electron chi connectivity index (χ4n) is 0.505. The highest BCUT2D eigenvalue weighted by Gasteiger charge is 2.01. The minimum Gasteiger partial charge on any atom is -0.550 e. The van der Waals surface area contributed by atoms with E-state index in [9.17, 15) is 14.7 Å². The molecule has 0 aromatic heterocycles. The molecule has 0 aromatic carbocycles. The van der Waals surface area contributed by atoms with Crippen LogP contribution >= 0.6 is 0 Å². The molecule has 0 radical (unpaired) electrons. The van der Waals surface area contributed by atoms with E-state index >= 15 is 0 Å². The van der Waals surface area contributed by atoms with Crippen LogP contribution in [0.3, 0.4) is 0 Å². The minimum atomic E-state index is -1.14. The highest BCUT2D eigenvalue weighted by molar-refractivity contribution is 5.86. The Bertz CT molecular complexity index is 195. The molecule has 0 fully saturated rings. The van der Waals surface area contributed by atoms with Crippen LogP contribution in [-0.4, -0.2) is 18.5 Å². The van der Waals surface area contributed by atoms with Gasteiger partial charge in [-0.3, -0.25) is 0 Å². The first-order valence-corrected chi connectivity index (χ1v) is 3.56. The molecule has 0 saturated carbocycles. The van der Waals surface area contributed by atoms with E-state index in [-0.39, 0.29) is 19.4 Å². The molecule has 0 aliphatic carbocycles. The van der Waals surface area contributed by atoms with Crippen LogP contribution in [0.4, 0.5) is 0 Å². The Kier molecular flexibility index (Phi) is 4.76. The number of carbonyl (C=O) groups excluding carboxylic acids is 2. The third kappa shape index (κ3) is 5.46. The standard InChI is InChI=1S/C8H12O4/c1-6(2)8(11)12-5-3-4-7(9)10/h1,3-5H2,2H3,(H,9,10)/p-1. The van der Waals surface area contributed by atoms with E-state index in [1.807, 2.05) is 0 Å². The summed E-state index contributed by atoms with van der Waals surface area (Å²) in [5.74, 6) is -1.63. The Morgan fingerprint density at radius 2 is 2.08 bits per heavy atom. The molecular weight excluding hydrogens is 160 g/mol. The first kappa shape index (κ1) is 10.7. The number of ether oxygens (including phenoxy) is 1. The second kappa shape index (κ2) is 5.35. The van der Waals surface area contributed by atoms with Crippen molar-refractivity contribution in [3.63, 3.8) is 0 Å². The number of esters is 1. The fourth-order valence-corrected chi connectivity index (χ4v) is 0.505. The number of rotatable bonds is 5. The van der Waals surface area contributed by atoms with Crippen LogP contribution in [0.15, 0.2) is 12.2 Å². The molecule has 0 aliphatic heterocycles. The largest absolute Gasteiger partial charge is 0.550 e. The van der Waals surface area contributed by atoms with E-state index in [1.165, 1.54) is 6.92 Å². The topological polar surface area (TPSA) is 66.4 Å². The predicted molar refractivity (Wildman–Crippen MR) is 40.0 cm³/mol. The lowest BCUT2D eigenvalue weighted by atomic mass is 10.3. The van der Waals surface area contributed by atoms with Gasteiger partial charge < -0.3 is 14.6 Å². The molecule has 0 amide bonds. The van der Waals surface area contributed by atoms with Crippen molar-refractivity contribution in [1.82, 2.24) is 0 Å². The fraction of sp³-hybridized carbons (Fsp3) is 0.500. The van der Waals surface area contributed by atoms with Gasteiger partial charge >= 0.3 is 5.97 Å². The summed E-state index contributed by atoms with van der Waals surface area (Å²) in [5, 5.41) is 9.91. The van der Waals surface area contributed by atoms with Crippen LogP contribution in [0.5, 0.6) is 0 Å². The van der Waals surface area contributed by atoms with E-state index in [2.05, 4.69) is 11.3 Å². The molecule has 0 aromatic rings. The third-order valence-corrected chi connectivity index (χ3v) is 1.11. The van der Waals surface area contributed by atoms with Crippen molar-refractivity contribution in [2.45, 2.75) is 19.8 Å². The second-order valence-electron chi connectivity index (χ2n) is 2.39. The van der Waals surface area contributed by atoms with E-state index in [0.717, 1.165) is 0 Å². The van der Waals surface area contributed by atoms with Crippen molar-refractivity contribution in [1.29, 1.82) is 0 Å². The zero-order valence-corrected chi connectivity index (χ0v) is 6.96. The molecule has 0 bridgehead atoms. The first-order chi connectivity index (χ1) is 5.54. The Labute approximate surface area is 70.8 Å². The second-order valence-corrected chi connectivity index (χ2v) is 2.39. The minimum absolute atomic E-state index is 0.0938. The number of aliphatic carboxylic acids is 1. The Morgan fingerprint density at radius 3 is 2.50 bits per heavy atom. The molecule has 0 aliphatic rings. The molecule has 0 spiro atoms. The summed E-state index contributed by atoms with van der Waals surface area (Å²) in [4.78, 5) is 20.6. The van der Waals surface area contributed by atoms with E-state index < -0.39 is 11.9 Å². The lowest BCUT2D eigenvalue weighted by Crippen LogP contribution is -2.22. The molecule has 4 nitrogen and oxygen atoms in total. The van der Waals surface area contributed by atoms with Gasteiger partial charge in [0.2, 0.25) is 0 Å². The van der Waals surface area contributed by atoms with Crippen LogP contribution in [0, 0.1) is 0 Å². The average Bonchev–Trinajstić information content (AvgIpc) is 1.97. The molecule has 12 heavy (non-hydrogen) atoms. The van der Waals surface area contributed by atoms with Gasteiger partial charge in [0, 0.05) is 11.5 Å². The molecule has 0 heterocycles. The van der Waals surface area contributed by atoms with Gasteiger partial charge in [-0.1, -0.05) is 6.58 Å². The summed E-state index contributed by atoms with van der Waals surface area (Å²) in [5.41, 5.74) is 0.309. The SMILES string of the molecule is C=C(C)C(=O)OCCCC(=O)[O-]. The van der Waals surface area contributed by atoms with Crippen LogP contribution in [0.2, 0.25) is 0 Å². The van der Waals surface area contributed by atoms with Crippen molar-refractivity contribution in [3.05, 3.63) is 12.2 Å². The van der Waals surface area contributed by atoms with Gasteiger partial charge in [-0.15, -0.1) is 0 Å². The quantitative estimate of drug-likeness (QED) is 0.322. The normalized spacial score (nSPS) is 9.08. The summed E-state index contributed by atoms with van der Waals surface area (Å²) < 4.78 is 4.62. The maximum absolute atomic E-state index is 10.7. The zero-order chi connectivity index (χ0) is 9.56. The summed E-state index contributed by atoms with van der Waals surface area (Å²) >= 11 is 0. The van der Waals surface area contributed by atoms with Gasteiger partial charge in [0.05, 0.1) is 6.61 Å². The van der Waals surface area contributed by atoms with Gasteiger partial charge in [-0.05, 0) is 19.8 Å². The highest BCUT2D eigenvalue weighted by Crippen LogP contribution is 1.94. The molecule has 4 heteroatoms. The predicted octanol–water partition coefficient (Wildman–Crippen LogP) is -0.364. The molecule has 0 rings (SSSR count). The molecule has 0 unspecified atom stereocenters. The number of carbonyl (C=O) groups is 2. The third-order valence-electron chi connectivity index (χ3n) is 1.11. The molecule has 0 saturated heterocycles. The average molecular weight is 171 g/mol. The van der Waals surface area contributed by atoms with Gasteiger partial charge in [0.1, 0.15) is 0 Å². The van der Waals surface area contributed by atoms with Crippen molar-refractivity contribution >= 4 is 11.9 Å². The smallest absolute Gasteiger partial charge is 0.333 e. The van der Waals surface area contributed by atoms with Crippen molar-refractivity contribution in [3.8, 4) is 0 Å². The number of hydrogen-bond acceptors (Lipinski definition) is 4. The van der Waals surface area contributed by atoms with Crippen LogP contribution in [0.25, 0.3) is 0 Å². The Morgan fingerprint density at radius 1 is 1.50 bits per heavy atom. The van der Waals surface area contributed by atoms with Crippen molar-refractivity contribution < 1.29 is 19.4 Å². The van der Waals surface area contributed by atoms with Gasteiger partial charge in [-0.2, -0.15) is 0 Å². The van der Waals surface area contributed by atoms with E-state index in [1.54, 1.807) is 0 Å². The molecule has 0 atom stereocenters. The van der Waals surface area contributed by atoms with Crippen molar-refractivity contribution in [2.75, 3.05) is 6.61 Å². The Hall–Kier alpha value is -1.32. The van der Waals surface area contributed by atoms with Crippen LogP contribution in [-0.2, 0) is 14.3 Å². The number of hydrogen-bond donors (Lipinski definition) is 0. The van der Waals surface area contributed by atoms with Crippen molar-refractivity contribution in [2.24, 2.45) is 0 Å². The summed E-state index contributed by atoms with van der Waals surface area (Å²) in [7, 11) is 0. The molecule has 68 valence electrons. The molecular formula is C8H11O4-. The van der Waals surface area contributed by atoms with Crippen LogP contribution in [0.1, 0.15) is 19.8 Å². The summed E-state index contributed by atoms with van der Waals surface area (Å²) in [6.07, 6.45) is 0.185. The van der Waals surface area contributed by atoms with Gasteiger partial charge in [-0.25, -0.2) is 4.79 Å². The van der Waals surface area contributed by atoms with Gasteiger partial charge in [0.25, 0.3) is 0 Å². The molecule has 0 N–H and O–H groups in total. The Balaban J connectivity index is 3.38. The van der Waals surface area contributed by atoms with Gasteiger partial charge in [0.15, 0.2) is 0 Å². The highest BCUT2D eigenvalue weighted by atomic mass is 16.5. The number of carboxylic acid groups (broad SMARTS) is 1. The maximum Gasteiger partial charge on any atom is 0.333 e. The number of carboxylic acids is 1. The lowest BCUT2D eigenvalue weighted by Gasteiger charge is -2.03. The van der Waals surface area contributed by atoms with E-state index in [0.29, 0.717) is 5.57 Å².